The number of nitrogens with one attached hydrogen (secondary N) is 1. The van der Waals surface area contributed by atoms with E-state index in [1.54, 1.807) is 0 Å². The molecule has 1 atom stereocenters. The second kappa shape index (κ2) is 7.97. The number of anilines is 1. The summed E-state index contributed by atoms with van der Waals surface area (Å²) in [5, 5.41) is 14.2. The first-order valence-corrected chi connectivity index (χ1v) is 9.62. The zero-order valence-electron chi connectivity index (χ0n) is 16.6. The van der Waals surface area contributed by atoms with Gasteiger partial charge in [0.05, 0.1) is 5.71 Å². The van der Waals surface area contributed by atoms with Crippen LogP contribution in [0.2, 0.25) is 0 Å². The maximum absolute atomic E-state index is 12.9. The van der Waals surface area contributed by atoms with E-state index < -0.39 is 29.7 Å². The number of nitrogens with zero attached hydrogens (tertiary/aromatic N) is 5. The Morgan fingerprint density at radius 1 is 1.23 bits per heavy atom. The Bertz CT molecular complexity index is 1070. The SMILES string of the molecule is CN1C(=O)[C@@H](NC(=O)C2=NN=C(Cc3ccccc3)C2)CCn2nc(C(F)(F)F)cc21. The fourth-order valence-electron chi connectivity index (χ4n) is 3.53. The molecular formula is C20H19F3N6O2. The van der Waals surface area contributed by atoms with Crippen molar-refractivity contribution in [3.05, 3.63) is 47.7 Å². The third-order valence-corrected chi connectivity index (χ3v) is 5.15. The standard InChI is InChI=1S/C20H19F3N6O2/c1-28-17-11-16(20(21,22)23)27-29(17)8-7-14(19(28)31)24-18(30)15-10-13(25-26-15)9-12-5-3-2-4-6-12/h2-6,11,14H,7-10H2,1H3,(H,24,30)/t14-/m0/s1. The van der Waals surface area contributed by atoms with E-state index in [9.17, 15) is 22.8 Å². The van der Waals surface area contributed by atoms with Crippen LogP contribution in [0.5, 0.6) is 0 Å². The van der Waals surface area contributed by atoms with E-state index in [1.165, 1.54) is 7.05 Å². The number of likely N-dealkylation sites (N-methyl/N-ethyl adjacent to an activating group) is 1. The van der Waals surface area contributed by atoms with E-state index in [0.29, 0.717) is 6.42 Å². The fraction of sp³-hybridized carbons (Fsp3) is 0.350. The second-order valence-electron chi connectivity index (χ2n) is 7.37. The van der Waals surface area contributed by atoms with Crippen molar-refractivity contribution in [1.82, 2.24) is 15.1 Å². The van der Waals surface area contributed by atoms with Crippen LogP contribution in [0.4, 0.5) is 19.0 Å². The molecule has 0 spiro atoms. The molecule has 0 saturated heterocycles. The molecule has 2 amide bonds. The highest BCUT2D eigenvalue weighted by Crippen LogP contribution is 2.32. The van der Waals surface area contributed by atoms with E-state index >= 15 is 0 Å². The second-order valence-corrected chi connectivity index (χ2v) is 7.37. The Morgan fingerprint density at radius 3 is 2.68 bits per heavy atom. The van der Waals surface area contributed by atoms with Gasteiger partial charge in [-0.25, -0.2) is 4.68 Å². The van der Waals surface area contributed by atoms with Gasteiger partial charge in [-0.2, -0.15) is 23.4 Å². The maximum atomic E-state index is 12.9. The summed E-state index contributed by atoms with van der Waals surface area (Å²) >= 11 is 0. The van der Waals surface area contributed by atoms with Gasteiger partial charge in [0.1, 0.15) is 17.6 Å². The van der Waals surface area contributed by atoms with Crippen molar-refractivity contribution in [2.45, 2.75) is 38.0 Å². The number of halogens is 3. The largest absolute Gasteiger partial charge is 0.435 e. The molecule has 0 unspecified atom stereocenters. The number of aryl methyl sites for hydroxylation is 1. The highest BCUT2D eigenvalue weighted by molar-refractivity contribution is 6.43. The van der Waals surface area contributed by atoms with E-state index in [-0.39, 0.29) is 30.9 Å². The molecule has 8 nitrogen and oxygen atoms in total. The predicted octanol–water partition coefficient (Wildman–Crippen LogP) is 2.20. The molecule has 0 aliphatic carbocycles. The van der Waals surface area contributed by atoms with Gasteiger partial charge in [-0.1, -0.05) is 30.3 Å². The number of amides is 2. The molecule has 11 heteroatoms. The summed E-state index contributed by atoms with van der Waals surface area (Å²) in [6, 6.07) is 9.56. The average molecular weight is 432 g/mol. The lowest BCUT2D eigenvalue weighted by molar-refractivity contribution is -0.141. The van der Waals surface area contributed by atoms with E-state index in [4.69, 9.17) is 0 Å². The Balaban J connectivity index is 1.38. The molecule has 0 fully saturated rings. The van der Waals surface area contributed by atoms with Crippen LogP contribution < -0.4 is 10.2 Å². The Kier molecular flexibility index (Phi) is 5.34. The van der Waals surface area contributed by atoms with Gasteiger partial charge in [0.2, 0.25) is 0 Å². The van der Waals surface area contributed by atoms with Gasteiger partial charge in [0.15, 0.2) is 5.69 Å². The highest BCUT2D eigenvalue weighted by atomic mass is 19.4. The molecule has 1 aromatic carbocycles. The first-order chi connectivity index (χ1) is 14.7. The molecule has 2 aromatic rings. The molecule has 0 radical (unpaired) electrons. The number of fused-ring (bicyclic) bond motifs is 1. The van der Waals surface area contributed by atoms with Gasteiger partial charge >= 0.3 is 6.18 Å². The first-order valence-electron chi connectivity index (χ1n) is 9.62. The van der Waals surface area contributed by atoms with Gasteiger partial charge in [0, 0.05) is 32.5 Å². The minimum Gasteiger partial charge on any atom is -0.339 e. The third kappa shape index (κ3) is 4.35. The highest BCUT2D eigenvalue weighted by Gasteiger charge is 2.38. The number of alkyl halides is 3. The molecule has 162 valence electrons. The van der Waals surface area contributed by atoms with Crippen LogP contribution in [0.25, 0.3) is 0 Å². The summed E-state index contributed by atoms with van der Waals surface area (Å²) < 4.78 is 39.9. The predicted molar refractivity (Wildman–Crippen MR) is 107 cm³/mol. The lowest BCUT2D eigenvalue weighted by atomic mass is 10.0. The minimum absolute atomic E-state index is 0.0285. The topological polar surface area (TPSA) is 92.0 Å². The molecule has 3 heterocycles. The first kappa shape index (κ1) is 20.8. The summed E-state index contributed by atoms with van der Waals surface area (Å²) in [5.74, 6) is -1.01. The molecule has 0 saturated carbocycles. The summed E-state index contributed by atoms with van der Waals surface area (Å²) in [6.45, 7) is 0.0503. The van der Waals surface area contributed by atoms with Crippen molar-refractivity contribution < 1.29 is 22.8 Å². The van der Waals surface area contributed by atoms with Crippen LogP contribution in [0.15, 0.2) is 46.6 Å². The van der Waals surface area contributed by atoms with Crippen LogP contribution in [-0.2, 0) is 28.7 Å². The normalized spacial score (nSPS) is 18.9. The third-order valence-electron chi connectivity index (χ3n) is 5.15. The van der Waals surface area contributed by atoms with E-state index in [2.05, 4.69) is 20.6 Å². The summed E-state index contributed by atoms with van der Waals surface area (Å²) in [4.78, 5) is 26.4. The summed E-state index contributed by atoms with van der Waals surface area (Å²) in [6.07, 6.45) is -3.66. The van der Waals surface area contributed by atoms with Crippen LogP contribution in [0.1, 0.15) is 24.1 Å². The number of benzene rings is 1. The fourth-order valence-corrected chi connectivity index (χ4v) is 3.53. The minimum atomic E-state index is -4.60. The van der Waals surface area contributed by atoms with Crippen molar-refractivity contribution in [3.8, 4) is 0 Å². The number of hydrogen-bond donors (Lipinski definition) is 1. The quantitative estimate of drug-likeness (QED) is 0.803. The van der Waals surface area contributed by atoms with Crippen LogP contribution in [-0.4, -0.2) is 46.1 Å². The van der Waals surface area contributed by atoms with Crippen molar-refractivity contribution in [2.24, 2.45) is 10.2 Å². The van der Waals surface area contributed by atoms with Crippen molar-refractivity contribution in [1.29, 1.82) is 0 Å². The summed E-state index contributed by atoms with van der Waals surface area (Å²) in [7, 11) is 1.36. The Labute approximate surface area is 175 Å². The van der Waals surface area contributed by atoms with Crippen molar-refractivity contribution in [3.63, 3.8) is 0 Å². The Hall–Kier alpha value is -3.50. The van der Waals surface area contributed by atoms with Crippen LogP contribution in [0.3, 0.4) is 0 Å². The lowest BCUT2D eigenvalue weighted by Crippen LogP contribution is -2.48. The van der Waals surface area contributed by atoms with Gasteiger partial charge in [0.25, 0.3) is 11.8 Å². The average Bonchev–Trinajstić information content (AvgIpc) is 3.35. The monoisotopic (exact) mass is 432 g/mol. The zero-order valence-corrected chi connectivity index (χ0v) is 16.6. The van der Waals surface area contributed by atoms with Gasteiger partial charge < -0.3 is 5.32 Å². The lowest BCUT2D eigenvalue weighted by Gasteiger charge is -2.20. The zero-order chi connectivity index (χ0) is 22.2. The molecule has 31 heavy (non-hydrogen) atoms. The maximum Gasteiger partial charge on any atom is 0.435 e. The molecular weight excluding hydrogens is 413 g/mol. The van der Waals surface area contributed by atoms with Gasteiger partial charge in [-0.05, 0) is 12.0 Å². The number of rotatable bonds is 4. The number of aromatic nitrogens is 2. The molecule has 2 aliphatic rings. The number of carbonyl (C=O) groups excluding carboxylic acids is 2. The molecule has 4 rings (SSSR count). The molecule has 0 bridgehead atoms. The van der Waals surface area contributed by atoms with E-state index in [0.717, 1.165) is 26.9 Å². The number of carbonyl (C=O) groups is 2. The molecule has 1 N–H and O–H groups in total. The number of hydrogen-bond acceptors (Lipinski definition) is 5. The van der Waals surface area contributed by atoms with Gasteiger partial charge in [-0.3, -0.25) is 14.5 Å². The smallest absolute Gasteiger partial charge is 0.339 e. The van der Waals surface area contributed by atoms with Crippen molar-refractivity contribution in [2.75, 3.05) is 11.9 Å². The molecule has 1 aromatic heterocycles. The van der Waals surface area contributed by atoms with E-state index in [1.807, 2.05) is 30.3 Å². The molecule has 2 aliphatic heterocycles. The van der Waals surface area contributed by atoms with Crippen LogP contribution >= 0.6 is 0 Å². The summed E-state index contributed by atoms with van der Waals surface area (Å²) in [5.41, 5.74) is 0.919. The Morgan fingerprint density at radius 2 is 1.97 bits per heavy atom. The van der Waals surface area contributed by atoms with Gasteiger partial charge in [-0.15, -0.1) is 5.10 Å². The van der Waals surface area contributed by atoms with Crippen molar-refractivity contribution >= 4 is 29.1 Å². The van der Waals surface area contributed by atoms with Crippen LogP contribution in [0, 0.1) is 0 Å².